The fraction of sp³-hybridized carbons (Fsp3) is 0.214. The van der Waals surface area contributed by atoms with Crippen molar-refractivity contribution in [3.63, 3.8) is 0 Å². The van der Waals surface area contributed by atoms with E-state index in [0.29, 0.717) is 13.0 Å². The number of hydrogen-bond donors (Lipinski definition) is 2. The van der Waals surface area contributed by atoms with Gasteiger partial charge in [0, 0.05) is 23.0 Å². The number of fused-ring (bicyclic) bond motifs is 2. The van der Waals surface area contributed by atoms with Crippen molar-refractivity contribution in [2.24, 2.45) is 0 Å². The molecular formula is C28H26N6O2. The Morgan fingerprint density at radius 3 is 2.75 bits per heavy atom. The van der Waals surface area contributed by atoms with Crippen LogP contribution in [0.3, 0.4) is 0 Å². The molecule has 0 radical (unpaired) electrons. The van der Waals surface area contributed by atoms with Crippen molar-refractivity contribution in [2.45, 2.75) is 32.0 Å². The van der Waals surface area contributed by atoms with Gasteiger partial charge in [-0.25, -0.2) is 9.97 Å². The summed E-state index contributed by atoms with van der Waals surface area (Å²) in [6.07, 6.45) is 5.06. The summed E-state index contributed by atoms with van der Waals surface area (Å²) in [5.41, 5.74) is 5.08. The predicted octanol–water partition coefficient (Wildman–Crippen LogP) is 4.82. The number of benzene rings is 3. The quantitative estimate of drug-likeness (QED) is 0.346. The summed E-state index contributed by atoms with van der Waals surface area (Å²) < 4.78 is 2.01. The Bertz CT molecular complexity index is 1550. The SMILES string of the molecule is O=C(O)[C@H]1CCCN1Cc1ccc2c(Nc3ccc4c(cnn4Cc4ccccc4)c3)ncnc2c1. The zero-order valence-corrected chi connectivity index (χ0v) is 19.7. The second-order valence-corrected chi connectivity index (χ2v) is 9.23. The van der Waals surface area contributed by atoms with E-state index >= 15 is 0 Å². The van der Waals surface area contributed by atoms with Gasteiger partial charge in [-0.15, -0.1) is 0 Å². The Labute approximate surface area is 208 Å². The van der Waals surface area contributed by atoms with E-state index in [-0.39, 0.29) is 0 Å². The molecule has 5 aromatic rings. The Morgan fingerprint density at radius 1 is 1.00 bits per heavy atom. The molecule has 0 unspecified atom stereocenters. The number of carboxylic acids is 1. The molecule has 180 valence electrons. The zero-order chi connectivity index (χ0) is 24.5. The number of anilines is 2. The van der Waals surface area contributed by atoms with Crippen LogP contribution in [0.1, 0.15) is 24.0 Å². The molecule has 0 amide bonds. The first-order chi connectivity index (χ1) is 17.6. The van der Waals surface area contributed by atoms with Gasteiger partial charge in [-0.05, 0) is 60.8 Å². The fourth-order valence-electron chi connectivity index (χ4n) is 5.01. The molecule has 2 aromatic heterocycles. The van der Waals surface area contributed by atoms with Gasteiger partial charge in [-0.1, -0.05) is 36.4 Å². The van der Waals surface area contributed by atoms with Crippen LogP contribution in [0.4, 0.5) is 11.5 Å². The van der Waals surface area contributed by atoms with E-state index in [4.69, 9.17) is 0 Å². The number of aromatic nitrogens is 4. The number of carbonyl (C=O) groups is 1. The first-order valence-electron chi connectivity index (χ1n) is 12.1. The summed E-state index contributed by atoms with van der Waals surface area (Å²) in [7, 11) is 0. The zero-order valence-electron chi connectivity index (χ0n) is 19.7. The number of rotatable bonds is 7. The normalized spacial score (nSPS) is 16.1. The maximum Gasteiger partial charge on any atom is 0.320 e. The molecule has 6 rings (SSSR count). The molecule has 3 heterocycles. The molecule has 8 heteroatoms. The third-order valence-corrected chi connectivity index (χ3v) is 6.82. The van der Waals surface area contributed by atoms with E-state index in [1.165, 1.54) is 5.56 Å². The van der Waals surface area contributed by atoms with Gasteiger partial charge in [-0.2, -0.15) is 5.10 Å². The Hall–Kier alpha value is -4.30. The largest absolute Gasteiger partial charge is 0.480 e. The lowest BCUT2D eigenvalue weighted by Gasteiger charge is -2.21. The van der Waals surface area contributed by atoms with Crippen molar-refractivity contribution in [3.05, 3.63) is 90.4 Å². The lowest BCUT2D eigenvalue weighted by atomic mass is 10.1. The highest BCUT2D eigenvalue weighted by atomic mass is 16.4. The van der Waals surface area contributed by atoms with Gasteiger partial charge in [0.15, 0.2) is 0 Å². The third kappa shape index (κ3) is 4.38. The summed E-state index contributed by atoms with van der Waals surface area (Å²) >= 11 is 0. The van der Waals surface area contributed by atoms with Crippen LogP contribution in [0.15, 0.2) is 79.3 Å². The van der Waals surface area contributed by atoms with Gasteiger partial charge in [0.25, 0.3) is 0 Å². The number of likely N-dealkylation sites (tertiary alicyclic amines) is 1. The minimum Gasteiger partial charge on any atom is -0.480 e. The average Bonchev–Trinajstić information content (AvgIpc) is 3.52. The minimum absolute atomic E-state index is 0.407. The molecule has 1 fully saturated rings. The van der Waals surface area contributed by atoms with E-state index in [0.717, 1.165) is 58.4 Å². The summed E-state index contributed by atoms with van der Waals surface area (Å²) in [6.45, 7) is 2.12. The standard InChI is InChI=1S/C28H26N6O2/c35-28(36)26-7-4-12-33(26)16-20-8-10-23-24(13-20)29-18-30-27(23)32-22-9-11-25-21(14-22)15-31-34(25)17-19-5-2-1-3-6-19/h1-3,5-6,8-11,13-15,18,26H,4,7,12,16-17H2,(H,35,36)(H,29,30,32)/t26-/m1/s1. The fourth-order valence-corrected chi connectivity index (χ4v) is 5.01. The Kier molecular flexibility index (Phi) is 5.79. The Morgan fingerprint density at radius 2 is 1.89 bits per heavy atom. The highest BCUT2D eigenvalue weighted by Crippen LogP contribution is 2.28. The molecule has 0 saturated carbocycles. The highest BCUT2D eigenvalue weighted by molar-refractivity contribution is 5.92. The van der Waals surface area contributed by atoms with E-state index in [2.05, 4.69) is 44.6 Å². The van der Waals surface area contributed by atoms with E-state index in [1.54, 1.807) is 6.33 Å². The lowest BCUT2D eigenvalue weighted by molar-refractivity contribution is -0.142. The van der Waals surface area contributed by atoms with Crippen LogP contribution in [-0.2, 0) is 17.9 Å². The summed E-state index contributed by atoms with van der Waals surface area (Å²) in [5, 5.41) is 19.4. The van der Waals surface area contributed by atoms with Crippen molar-refractivity contribution in [3.8, 4) is 0 Å². The van der Waals surface area contributed by atoms with Crippen molar-refractivity contribution < 1.29 is 9.90 Å². The second kappa shape index (κ2) is 9.39. The van der Waals surface area contributed by atoms with Crippen molar-refractivity contribution >= 4 is 39.3 Å². The molecular weight excluding hydrogens is 452 g/mol. The van der Waals surface area contributed by atoms with Crippen LogP contribution >= 0.6 is 0 Å². The number of carboxylic acid groups (broad SMARTS) is 1. The van der Waals surface area contributed by atoms with Gasteiger partial charge in [0.2, 0.25) is 0 Å². The summed E-state index contributed by atoms with van der Waals surface area (Å²) in [4.78, 5) is 22.5. The molecule has 2 N–H and O–H groups in total. The molecule has 36 heavy (non-hydrogen) atoms. The Balaban J connectivity index is 1.22. The van der Waals surface area contributed by atoms with Crippen LogP contribution in [0.5, 0.6) is 0 Å². The number of hydrogen-bond acceptors (Lipinski definition) is 6. The van der Waals surface area contributed by atoms with Crippen LogP contribution < -0.4 is 5.32 Å². The molecule has 0 spiro atoms. The van der Waals surface area contributed by atoms with Gasteiger partial charge in [0.05, 0.1) is 23.8 Å². The van der Waals surface area contributed by atoms with Gasteiger partial charge >= 0.3 is 5.97 Å². The molecule has 1 atom stereocenters. The maximum atomic E-state index is 11.5. The monoisotopic (exact) mass is 478 g/mol. The van der Waals surface area contributed by atoms with Crippen LogP contribution in [0, 0.1) is 0 Å². The number of nitrogens with zero attached hydrogens (tertiary/aromatic N) is 5. The van der Waals surface area contributed by atoms with E-state index < -0.39 is 12.0 Å². The van der Waals surface area contributed by atoms with Gasteiger partial charge in [0.1, 0.15) is 18.2 Å². The molecule has 1 aliphatic rings. The van der Waals surface area contributed by atoms with Gasteiger partial charge in [-0.3, -0.25) is 14.4 Å². The van der Waals surface area contributed by atoms with Gasteiger partial charge < -0.3 is 10.4 Å². The van der Waals surface area contributed by atoms with Crippen LogP contribution in [0.2, 0.25) is 0 Å². The highest BCUT2D eigenvalue weighted by Gasteiger charge is 2.30. The van der Waals surface area contributed by atoms with Crippen molar-refractivity contribution in [1.82, 2.24) is 24.6 Å². The van der Waals surface area contributed by atoms with Crippen LogP contribution in [0.25, 0.3) is 21.8 Å². The first-order valence-corrected chi connectivity index (χ1v) is 12.1. The average molecular weight is 479 g/mol. The van der Waals surface area contributed by atoms with Crippen molar-refractivity contribution in [1.29, 1.82) is 0 Å². The smallest absolute Gasteiger partial charge is 0.320 e. The molecule has 0 bridgehead atoms. The molecule has 1 aliphatic heterocycles. The maximum absolute atomic E-state index is 11.5. The topological polar surface area (TPSA) is 96.2 Å². The number of nitrogens with one attached hydrogen (secondary N) is 1. The molecule has 0 aliphatic carbocycles. The third-order valence-electron chi connectivity index (χ3n) is 6.82. The summed E-state index contributed by atoms with van der Waals surface area (Å²) in [6, 6.07) is 22.1. The van der Waals surface area contributed by atoms with E-state index in [1.807, 2.05) is 58.2 Å². The predicted molar refractivity (Wildman–Crippen MR) is 139 cm³/mol. The molecule has 3 aromatic carbocycles. The lowest BCUT2D eigenvalue weighted by Crippen LogP contribution is -2.35. The molecule has 8 nitrogen and oxygen atoms in total. The van der Waals surface area contributed by atoms with Crippen molar-refractivity contribution in [2.75, 3.05) is 11.9 Å². The molecule has 1 saturated heterocycles. The van der Waals surface area contributed by atoms with E-state index in [9.17, 15) is 9.90 Å². The minimum atomic E-state index is -0.746. The van der Waals surface area contributed by atoms with Crippen LogP contribution in [-0.4, -0.2) is 48.3 Å². The summed E-state index contributed by atoms with van der Waals surface area (Å²) in [5.74, 6) is -0.0168. The number of aliphatic carboxylic acids is 1. The second-order valence-electron chi connectivity index (χ2n) is 9.23. The first kappa shape index (κ1) is 22.2.